The second kappa shape index (κ2) is 4.88. The van der Waals surface area contributed by atoms with Crippen LogP contribution in [-0.4, -0.2) is 17.8 Å². The third-order valence-corrected chi connectivity index (χ3v) is 6.92. The molecule has 0 atom stereocenters. The molecule has 0 aliphatic carbocycles. The van der Waals surface area contributed by atoms with Crippen LogP contribution >= 0.6 is 10.0 Å². The minimum absolute atomic E-state index is 0.601. The second-order valence-corrected chi connectivity index (χ2v) is 8.11. The van der Waals surface area contributed by atoms with Crippen molar-refractivity contribution >= 4 is 10.0 Å². The van der Waals surface area contributed by atoms with E-state index in [2.05, 4.69) is 56.7 Å². The van der Waals surface area contributed by atoms with Gasteiger partial charge in [0.1, 0.15) is 0 Å². The van der Waals surface area contributed by atoms with Gasteiger partial charge in [0.15, 0.2) is 0 Å². The summed E-state index contributed by atoms with van der Waals surface area (Å²) in [4.78, 5) is 1.55. The molecular formula is C13H22S. The van der Waals surface area contributed by atoms with Crippen molar-refractivity contribution in [3.8, 4) is 0 Å². The Labute approximate surface area is 90.0 Å². The Kier molecular flexibility index (Phi) is 4.06. The molecule has 0 saturated carbocycles. The molecule has 0 radical (unpaired) electrons. The molecule has 1 heteroatoms. The number of benzene rings is 1. The maximum absolute atomic E-state index is 2.44. The van der Waals surface area contributed by atoms with Gasteiger partial charge in [0.2, 0.25) is 0 Å². The zero-order valence-corrected chi connectivity index (χ0v) is 10.6. The Morgan fingerprint density at radius 2 is 1.50 bits per heavy atom. The second-order valence-electron chi connectivity index (χ2n) is 4.16. The van der Waals surface area contributed by atoms with Gasteiger partial charge in [0, 0.05) is 0 Å². The molecule has 0 aliphatic heterocycles. The highest BCUT2D eigenvalue weighted by molar-refractivity contribution is 8.33. The number of hydrogen-bond acceptors (Lipinski definition) is 0. The Morgan fingerprint density at radius 1 is 1.00 bits per heavy atom. The third kappa shape index (κ3) is 2.33. The first-order valence-electron chi connectivity index (χ1n) is 5.40. The lowest BCUT2D eigenvalue weighted by molar-refractivity contribution is 0.781. The average molecular weight is 210 g/mol. The minimum atomic E-state index is -0.601. The first kappa shape index (κ1) is 11.6. The quantitative estimate of drug-likeness (QED) is 0.695. The van der Waals surface area contributed by atoms with Crippen molar-refractivity contribution in [2.75, 3.05) is 12.5 Å². The molecule has 0 saturated heterocycles. The van der Waals surface area contributed by atoms with Gasteiger partial charge in [-0.15, -0.1) is 0 Å². The van der Waals surface area contributed by atoms with Crippen LogP contribution in [0.5, 0.6) is 0 Å². The predicted molar refractivity (Wildman–Crippen MR) is 68.5 cm³/mol. The van der Waals surface area contributed by atoms with Gasteiger partial charge in [-0.1, -0.05) is 44.2 Å². The lowest BCUT2D eigenvalue weighted by atomic mass is 10.3. The van der Waals surface area contributed by atoms with Crippen molar-refractivity contribution in [2.24, 2.45) is 0 Å². The summed E-state index contributed by atoms with van der Waals surface area (Å²) < 4.78 is 0. The maximum Gasteiger partial charge on any atom is -0.00837 e. The van der Waals surface area contributed by atoms with Crippen LogP contribution in [0.3, 0.4) is 0 Å². The highest BCUT2D eigenvalue weighted by Gasteiger charge is 2.22. The van der Waals surface area contributed by atoms with Crippen LogP contribution in [0, 0.1) is 0 Å². The summed E-state index contributed by atoms with van der Waals surface area (Å²) in [5.41, 5.74) is 0. The highest BCUT2D eigenvalue weighted by atomic mass is 32.3. The van der Waals surface area contributed by atoms with E-state index in [-0.39, 0.29) is 0 Å². The number of rotatable bonds is 4. The smallest absolute Gasteiger partial charge is 0.00837 e. The lowest BCUT2D eigenvalue weighted by Crippen LogP contribution is -2.15. The normalized spacial score (nSPS) is 13.2. The summed E-state index contributed by atoms with van der Waals surface area (Å²) in [6.45, 7) is 4.62. The van der Waals surface area contributed by atoms with Crippen molar-refractivity contribution < 1.29 is 0 Å². The number of hydrogen-bond donors (Lipinski definition) is 0. The summed E-state index contributed by atoms with van der Waals surface area (Å²) in [6.07, 6.45) is 7.49. The molecule has 1 aromatic carbocycles. The molecule has 0 bridgehead atoms. The molecule has 1 rings (SSSR count). The van der Waals surface area contributed by atoms with Gasteiger partial charge in [-0.25, -0.2) is 10.0 Å². The first-order chi connectivity index (χ1) is 6.62. The summed E-state index contributed by atoms with van der Waals surface area (Å²) in [5, 5.41) is 0.866. The van der Waals surface area contributed by atoms with E-state index in [9.17, 15) is 0 Å². The monoisotopic (exact) mass is 210 g/mol. The fourth-order valence-electron chi connectivity index (χ4n) is 2.09. The Balaban J connectivity index is 2.94. The van der Waals surface area contributed by atoms with Crippen LogP contribution in [-0.2, 0) is 0 Å². The van der Waals surface area contributed by atoms with E-state index < -0.39 is 10.0 Å². The molecule has 0 spiro atoms. The molecule has 0 aromatic heterocycles. The zero-order valence-electron chi connectivity index (χ0n) is 9.79. The van der Waals surface area contributed by atoms with Crippen LogP contribution in [0.15, 0.2) is 35.2 Å². The molecule has 0 heterocycles. The summed E-state index contributed by atoms with van der Waals surface area (Å²) in [7, 11) is -0.601. The van der Waals surface area contributed by atoms with Gasteiger partial charge in [-0.05, 0) is 35.5 Å². The van der Waals surface area contributed by atoms with Gasteiger partial charge in [0.05, 0.1) is 0 Å². The zero-order chi connectivity index (χ0) is 10.6. The van der Waals surface area contributed by atoms with Crippen LogP contribution < -0.4 is 0 Å². The van der Waals surface area contributed by atoms with Gasteiger partial charge in [-0.3, -0.25) is 0 Å². The standard InChI is InChI=1S/C13H22S/c1-5-12(6-2)14(3,4)13-10-8-7-9-11-13/h7-12H,5-6H2,1-4H3. The molecule has 80 valence electrons. The first-order valence-corrected chi connectivity index (χ1v) is 7.91. The molecule has 0 fully saturated rings. The SMILES string of the molecule is CCC(CC)S(C)(C)c1ccccc1. The Morgan fingerprint density at radius 3 is 1.93 bits per heavy atom. The van der Waals surface area contributed by atoms with E-state index >= 15 is 0 Å². The predicted octanol–water partition coefficient (Wildman–Crippen LogP) is 4.30. The fourth-order valence-corrected chi connectivity index (χ4v) is 5.00. The van der Waals surface area contributed by atoms with Crippen LogP contribution in [0.1, 0.15) is 26.7 Å². The van der Waals surface area contributed by atoms with Crippen molar-refractivity contribution in [1.82, 2.24) is 0 Å². The van der Waals surface area contributed by atoms with Crippen molar-refractivity contribution in [2.45, 2.75) is 36.8 Å². The molecule has 0 amide bonds. The van der Waals surface area contributed by atoms with Gasteiger partial charge in [-0.2, -0.15) is 0 Å². The van der Waals surface area contributed by atoms with Gasteiger partial charge < -0.3 is 0 Å². The molecule has 0 aliphatic rings. The minimum Gasteiger partial charge on any atom is -0.217 e. The maximum atomic E-state index is 2.44. The van der Waals surface area contributed by atoms with Crippen molar-refractivity contribution in [3.05, 3.63) is 30.3 Å². The Hall–Kier alpha value is -0.430. The summed E-state index contributed by atoms with van der Waals surface area (Å²) in [6, 6.07) is 11.0. The van der Waals surface area contributed by atoms with Crippen LogP contribution in [0.4, 0.5) is 0 Å². The molecule has 14 heavy (non-hydrogen) atoms. The summed E-state index contributed by atoms with van der Waals surface area (Å²) >= 11 is 0. The topological polar surface area (TPSA) is 0 Å². The highest BCUT2D eigenvalue weighted by Crippen LogP contribution is 2.55. The third-order valence-electron chi connectivity index (χ3n) is 3.09. The Bertz CT molecular complexity index is 260. The van der Waals surface area contributed by atoms with E-state index in [1.54, 1.807) is 4.90 Å². The van der Waals surface area contributed by atoms with Crippen molar-refractivity contribution in [3.63, 3.8) is 0 Å². The molecular weight excluding hydrogens is 188 g/mol. The van der Waals surface area contributed by atoms with Gasteiger partial charge in [0.25, 0.3) is 0 Å². The average Bonchev–Trinajstić information content (AvgIpc) is 2.20. The van der Waals surface area contributed by atoms with E-state index in [4.69, 9.17) is 0 Å². The largest absolute Gasteiger partial charge is 0.217 e. The van der Waals surface area contributed by atoms with Crippen LogP contribution in [0.25, 0.3) is 0 Å². The van der Waals surface area contributed by atoms with Crippen LogP contribution in [0.2, 0.25) is 0 Å². The molecule has 0 unspecified atom stereocenters. The van der Waals surface area contributed by atoms with Crippen molar-refractivity contribution in [1.29, 1.82) is 0 Å². The molecule has 0 nitrogen and oxygen atoms in total. The van der Waals surface area contributed by atoms with E-state index in [0.717, 1.165) is 5.25 Å². The van der Waals surface area contributed by atoms with E-state index in [0.29, 0.717) is 0 Å². The molecule has 0 N–H and O–H groups in total. The van der Waals surface area contributed by atoms with E-state index in [1.165, 1.54) is 12.8 Å². The summed E-state index contributed by atoms with van der Waals surface area (Å²) in [5.74, 6) is 0. The lowest BCUT2D eigenvalue weighted by Gasteiger charge is -2.39. The fraction of sp³-hybridized carbons (Fsp3) is 0.538. The molecule has 1 aromatic rings. The van der Waals surface area contributed by atoms with E-state index in [1.807, 2.05) is 0 Å². The van der Waals surface area contributed by atoms with Gasteiger partial charge >= 0.3 is 0 Å².